The van der Waals surface area contributed by atoms with E-state index < -0.39 is 23.7 Å². The lowest BCUT2D eigenvalue weighted by atomic mass is 9.96. The van der Waals surface area contributed by atoms with E-state index >= 15 is 0 Å². The second kappa shape index (κ2) is 9.45. The maximum atomic E-state index is 14.2. The van der Waals surface area contributed by atoms with Gasteiger partial charge in [0, 0.05) is 18.3 Å². The SMILES string of the molecule is Cc1cccc(C2c3cccn3-c3ccccc3N2C(=O)CN(C(=O)Nc2ccc(F)cc2F)C2CC2)c1. The van der Waals surface area contributed by atoms with Crippen LogP contribution in [-0.2, 0) is 4.79 Å². The molecular formula is C30H26F2N4O2. The summed E-state index contributed by atoms with van der Waals surface area (Å²) in [6, 6.07) is 21.6. The van der Waals surface area contributed by atoms with Crippen LogP contribution in [0.4, 0.5) is 25.0 Å². The van der Waals surface area contributed by atoms with Crippen molar-refractivity contribution in [2.24, 2.45) is 0 Å². The molecule has 1 fully saturated rings. The fraction of sp³-hybridized carbons (Fsp3) is 0.200. The molecule has 1 unspecified atom stereocenters. The predicted molar refractivity (Wildman–Crippen MR) is 141 cm³/mol. The van der Waals surface area contributed by atoms with Crippen molar-refractivity contribution in [3.63, 3.8) is 0 Å². The molecule has 3 aromatic carbocycles. The van der Waals surface area contributed by atoms with Gasteiger partial charge in [0.2, 0.25) is 5.91 Å². The van der Waals surface area contributed by atoms with Gasteiger partial charge in [-0.05, 0) is 61.7 Å². The molecule has 4 aromatic rings. The van der Waals surface area contributed by atoms with Crippen LogP contribution in [0, 0.1) is 18.6 Å². The lowest BCUT2D eigenvalue weighted by Crippen LogP contribution is -2.48. The molecule has 1 aliphatic heterocycles. The summed E-state index contributed by atoms with van der Waals surface area (Å²) in [6.45, 7) is 1.83. The summed E-state index contributed by atoms with van der Waals surface area (Å²) in [5.41, 5.74) is 4.47. The van der Waals surface area contributed by atoms with E-state index in [2.05, 4.69) is 16.0 Å². The van der Waals surface area contributed by atoms with E-state index in [0.29, 0.717) is 6.07 Å². The average molecular weight is 513 g/mol. The highest BCUT2D eigenvalue weighted by Crippen LogP contribution is 2.42. The molecule has 3 amide bonds. The van der Waals surface area contributed by atoms with Crippen LogP contribution in [0.1, 0.15) is 35.7 Å². The van der Waals surface area contributed by atoms with Crippen molar-refractivity contribution in [1.82, 2.24) is 9.47 Å². The van der Waals surface area contributed by atoms with Gasteiger partial charge in [-0.25, -0.2) is 13.6 Å². The number of amides is 3. The Labute approximate surface area is 219 Å². The van der Waals surface area contributed by atoms with Gasteiger partial charge in [-0.1, -0.05) is 42.0 Å². The Kier molecular flexibility index (Phi) is 5.94. The van der Waals surface area contributed by atoms with Gasteiger partial charge < -0.3 is 14.8 Å². The van der Waals surface area contributed by atoms with Crippen molar-refractivity contribution in [3.8, 4) is 5.69 Å². The van der Waals surface area contributed by atoms with Gasteiger partial charge in [0.25, 0.3) is 0 Å². The number of halogens is 2. The molecule has 0 radical (unpaired) electrons. The number of anilines is 2. The Morgan fingerprint density at radius 1 is 0.947 bits per heavy atom. The molecule has 0 saturated heterocycles. The fourth-order valence-electron chi connectivity index (χ4n) is 5.17. The van der Waals surface area contributed by atoms with Gasteiger partial charge in [-0.15, -0.1) is 0 Å². The van der Waals surface area contributed by atoms with E-state index in [1.165, 1.54) is 11.0 Å². The summed E-state index contributed by atoms with van der Waals surface area (Å²) in [7, 11) is 0. The molecule has 0 spiro atoms. The molecule has 2 aliphatic rings. The molecule has 2 heterocycles. The van der Waals surface area contributed by atoms with Crippen LogP contribution in [0.25, 0.3) is 5.69 Å². The highest BCUT2D eigenvalue weighted by Gasteiger charge is 2.40. The molecule has 8 heteroatoms. The minimum atomic E-state index is -0.870. The number of nitrogens with zero attached hydrogens (tertiary/aromatic N) is 3. The zero-order chi connectivity index (χ0) is 26.4. The molecule has 38 heavy (non-hydrogen) atoms. The quantitative estimate of drug-likeness (QED) is 0.346. The molecule has 6 rings (SSSR count). The monoisotopic (exact) mass is 512 g/mol. The number of hydrogen-bond donors (Lipinski definition) is 1. The number of benzene rings is 3. The third-order valence-corrected chi connectivity index (χ3v) is 7.07. The second-order valence-corrected chi connectivity index (χ2v) is 9.79. The minimum Gasteiger partial charge on any atom is -0.316 e. The maximum absolute atomic E-state index is 14.2. The highest BCUT2D eigenvalue weighted by atomic mass is 19.1. The second-order valence-electron chi connectivity index (χ2n) is 9.79. The van der Waals surface area contributed by atoms with Gasteiger partial charge in [-0.3, -0.25) is 9.69 Å². The largest absolute Gasteiger partial charge is 0.322 e. The van der Waals surface area contributed by atoms with Crippen molar-refractivity contribution >= 4 is 23.3 Å². The molecule has 1 N–H and O–H groups in total. The predicted octanol–water partition coefficient (Wildman–Crippen LogP) is 6.20. The van der Waals surface area contributed by atoms with Gasteiger partial charge in [-0.2, -0.15) is 0 Å². The number of urea groups is 1. The highest BCUT2D eigenvalue weighted by molar-refractivity contribution is 6.01. The molecule has 0 bridgehead atoms. The van der Waals surface area contributed by atoms with Crippen LogP contribution in [0.3, 0.4) is 0 Å². The van der Waals surface area contributed by atoms with Crippen LogP contribution in [0.2, 0.25) is 0 Å². The summed E-state index contributed by atoms with van der Waals surface area (Å²) in [5.74, 6) is -1.85. The topological polar surface area (TPSA) is 57.6 Å². The van der Waals surface area contributed by atoms with E-state index in [0.717, 1.165) is 47.1 Å². The number of carbonyl (C=O) groups is 2. The van der Waals surface area contributed by atoms with Gasteiger partial charge >= 0.3 is 6.03 Å². The molecule has 6 nitrogen and oxygen atoms in total. The number of nitrogens with one attached hydrogen (secondary N) is 1. The van der Waals surface area contributed by atoms with E-state index in [1.54, 1.807) is 4.90 Å². The Balaban J connectivity index is 1.36. The zero-order valence-corrected chi connectivity index (χ0v) is 20.8. The molecular weight excluding hydrogens is 486 g/mol. The van der Waals surface area contributed by atoms with Crippen molar-refractivity contribution in [2.75, 3.05) is 16.8 Å². The van der Waals surface area contributed by atoms with E-state index in [1.807, 2.05) is 67.7 Å². The first kappa shape index (κ1) is 23.9. The maximum Gasteiger partial charge on any atom is 0.322 e. The summed E-state index contributed by atoms with van der Waals surface area (Å²) in [6.07, 6.45) is 3.50. The summed E-state index contributed by atoms with van der Waals surface area (Å²) >= 11 is 0. The summed E-state index contributed by atoms with van der Waals surface area (Å²) in [5, 5.41) is 2.52. The lowest BCUT2D eigenvalue weighted by Gasteiger charge is -2.39. The number of carbonyl (C=O) groups excluding carboxylic acids is 2. The number of rotatable bonds is 5. The van der Waals surface area contributed by atoms with Gasteiger partial charge in [0.15, 0.2) is 0 Å². The summed E-state index contributed by atoms with van der Waals surface area (Å²) < 4.78 is 29.7. The van der Waals surface area contributed by atoms with Crippen LogP contribution < -0.4 is 10.2 Å². The third-order valence-electron chi connectivity index (χ3n) is 7.07. The van der Waals surface area contributed by atoms with E-state index in [4.69, 9.17) is 0 Å². The first-order valence-electron chi connectivity index (χ1n) is 12.6. The molecule has 192 valence electrons. The molecule has 1 atom stereocenters. The number of aromatic nitrogens is 1. The fourth-order valence-corrected chi connectivity index (χ4v) is 5.17. The van der Waals surface area contributed by atoms with Crippen LogP contribution >= 0.6 is 0 Å². The van der Waals surface area contributed by atoms with Crippen LogP contribution in [-0.4, -0.2) is 34.0 Å². The Morgan fingerprint density at radius 2 is 1.74 bits per heavy atom. The lowest BCUT2D eigenvalue weighted by molar-refractivity contribution is -0.119. The van der Waals surface area contributed by atoms with Crippen LogP contribution in [0.15, 0.2) is 85.1 Å². The van der Waals surface area contributed by atoms with Crippen molar-refractivity contribution < 1.29 is 18.4 Å². The average Bonchev–Trinajstić information content (AvgIpc) is 3.63. The number of hydrogen-bond acceptors (Lipinski definition) is 2. The smallest absolute Gasteiger partial charge is 0.316 e. The minimum absolute atomic E-state index is 0.122. The van der Waals surface area contributed by atoms with Gasteiger partial charge in [0.05, 0.1) is 22.8 Å². The van der Waals surface area contributed by atoms with Crippen molar-refractivity contribution in [1.29, 1.82) is 0 Å². The first-order valence-corrected chi connectivity index (χ1v) is 12.6. The number of para-hydroxylation sites is 2. The molecule has 1 aliphatic carbocycles. The number of aryl methyl sites for hydroxylation is 1. The van der Waals surface area contributed by atoms with Crippen molar-refractivity contribution in [3.05, 3.63) is 114 Å². The molecule has 1 saturated carbocycles. The van der Waals surface area contributed by atoms with Gasteiger partial charge in [0.1, 0.15) is 24.2 Å². The Hall–Kier alpha value is -4.46. The van der Waals surface area contributed by atoms with Crippen molar-refractivity contribution in [2.45, 2.75) is 31.8 Å². The summed E-state index contributed by atoms with van der Waals surface area (Å²) in [4.78, 5) is 30.6. The zero-order valence-electron chi connectivity index (χ0n) is 20.8. The third kappa shape index (κ3) is 4.32. The normalized spacial score (nSPS) is 16.0. The first-order chi connectivity index (χ1) is 18.4. The Morgan fingerprint density at radius 3 is 2.47 bits per heavy atom. The van der Waals surface area contributed by atoms with E-state index in [9.17, 15) is 18.4 Å². The standard InChI is InChI=1S/C30H26F2N4O2/c1-19-6-4-7-20(16-19)29-27-10-5-15-34(27)25-8-2-3-9-26(25)36(29)28(37)18-35(22-12-13-22)30(38)33-24-14-11-21(31)17-23(24)32/h2-11,14-17,22,29H,12-13,18H2,1H3,(H,33,38). The van der Waals surface area contributed by atoms with E-state index in [-0.39, 0.29) is 24.2 Å². The Bertz CT molecular complexity index is 1540. The molecule has 1 aromatic heterocycles. The number of fused-ring (bicyclic) bond motifs is 3. The van der Waals surface area contributed by atoms with Crippen LogP contribution in [0.5, 0.6) is 0 Å².